The van der Waals surface area contributed by atoms with Gasteiger partial charge in [-0.3, -0.25) is 37.3 Å². The first-order valence-corrected chi connectivity index (χ1v) is 46.5. The maximum absolute atomic E-state index is 13.1. The van der Waals surface area contributed by atoms with Crippen molar-refractivity contribution in [2.75, 3.05) is 39.6 Å². The van der Waals surface area contributed by atoms with E-state index in [0.717, 1.165) is 102 Å². The summed E-state index contributed by atoms with van der Waals surface area (Å²) in [4.78, 5) is 73.0. The molecule has 0 spiro atoms. The van der Waals surface area contributed by atoms with Gasteiger partial charge in [-0.05, 0) is 37.5 Å². The predicted molar refractivity (Wildman–Crippen MR) is 423 cm³/mol. The van der Waals surface area contributed by atoms with Gasteiger partial charge in [0.1, 0.15) is 19.3 Å². The van der Waals surface area contributed by atoms with Crippen LogP contribution in [0.3, 0.4) is 0 Å². The Bertz CT molecular complexity index is 1980. The van der Waals surface area contributed by atoms with Crippen LogP contribution in [0.4, 0.5) is 0 Å². The third-order valence-corrected chi connectivity index (χ3v) is 22.0. The fraction of sp³-hybridized carbons (Fsp3) is 0.952. The van der Waals surface area contributed by atoms with E-state index in [9.17, 15) is 43.2 Å². The number of phosphoric acid groups is 2. The minimum Gasteiger partial charge on any atom is -0.462 e. The molecule has 0 heterocycles. The van der Waals surface area contributed by atoms with Gasteiger partial charge in [-0.25, -0.2) is 9.13 Å². The summed E-state index contributed by atoms with van der Waals surface area (Å²) in [5.41, 5.74) is 0. The summed E-state index contributed by atoms with van der Waals surface area (Å²) in [5, 5.41) is 10.6. The van der Waals surface area contributed by atoms with Gasteiger partial charge in [0.25, 0.3) is 0 Å². The Kier molecular flexibility index (Phi) is 74.1. The molecular formula is C84H164O17P2. The Morgan fingerprint density at radius 3 is 0.738 bits per heavy atom. The molecule has 0 aromatic carbocycles. The number of aliphatic hydroxyl groups is 1. The Hall–Kier alpha value is -1.94. The summed E-state index contributed by atoms with van der Waals surface area (Å²) in [6.45, 7) is 9.55. The van der Waals surface area contributed by atoms with Gasteiger partial charge in [-0.1, -0.05) is 395 Å². The molecule has 0 aromatic rings. The molecule has 0 bridgehead atoms. The lowest BCUT2D eigenvalue weighted by Crippen LogP contribution is -2.30. The number of aliphatic hydroxyl groups excluding tert-OH is 1. The molecule has 19 heteroatoms. The molecule has 0 amide bonds. The number of hydrogen-bond donors (Lipinski definition) is 3. The molecule has 0 saturated heterocycles. The minimum atomic E-state index is -4.96. The molecular weight excluding hydrogens is 1340 g/mol. The van der Waals surface area contributed by atoms with Crippen LogP contribution < -0.4 is 0 Å². The standard InChI is InChI=1S/C84H164O17P2/c1-7-10-12-14-16-18-20-22-24-26-28-30-32-34-36-38-40-42-47-54-60-66-81(86)94-72-79(100-83(88)68-62-56-48-43-41-39-37-35-33-31-29-27-25-23-21-19-17-15-13-11-8-2)74-98-102(90,91)96-70-78(85)71-97-103(92,93)99-75-80(73-95-82(87)67-61-55-51-50-52-58-64-76(4)5)101-84(89)69-63-57-49-45-44-46-53-59-65-77(6)9-3/h76-80,85H,7-75H2,1-6H3,(H,90,91)(H,92,93)/t77?,78-,79-,80-/m1/s1. The molecule has 103 heavy (non-hydrogen) atoms. The lowest BCUT2D eigenvalue weighted by atomic mass is 9.99. The zero-order valence-corrected chi connectivity index (χ0v) is 69.4. The molecule has 0 rings (SSSR count). The highest BCUT2D eigenvalue weighted by Gasteiger charge is 2.30. The van der Waals surface area contributed by atoms with Crippen LogP contribution in [0.2, 0.25) is 0 Å². The highest BCUT2D eigenvalue weighted by Crippen LogP contribution is 2.45. The van der Waals surface area contributed by atoms with Crippen LogP contribution in [0.1, 0.15) is 446 Å². The summed E-state index contributed by atoms with van der Waals surface area (Å²) >= 11 is 0. The largest absolute Gasteiger partial charge is 0.472 e. The number of rotatable bonds is 83. The van der Waals surface area contributed by atoms with E-state index in [1.165, 1.54) is 257 Å². The number of esters is 4. The lowest BCUT2D eigenvalue weighted by molar-refractivity contribution is -0.161. The Balaban J connectivity index is 5.18. The third-order valence-electron chi connectivity index (χ3n) is 20.1. The number of carbonyl (C=O) groups excluding carboxylic acids is 4. The lowest BCUT2D eigenvalue weighted by Gasteiger charge is -2.21. The first-order chi connectivity index (χ1) is 49.9. The fourth-order valence-corrected chi connectivity index (χ4v) is 14.6. The number of ether oxygens (including phenoxy) is 4. The molecule has 0 aliphatic rings. The maximum Gasteiger partial charge on any atom is 0.472 e. The second-order valence-corrected chi connectivity index (χ2v) is 33.8. The number of hydrogen-bond acceptors (Lipinski definition) is 15. The molecule has 0 aromatic heterocycles. The Morgan fingerprint density at radius 2 is 0.495 bits per heavy atom. The van der Waals surface area contributed by atoms with Crippen LogP contribution in [0, 0.1) is 11.8 Å². The van der Waals surface area contributed by atoms with Crippen LogP contribution in [-0.2, 0) is 65.4 Å². The molecule has 3 N–H and O–H groups in total. The first-order valence-electron chi connectivity index (χ1n) is 43.5. The molecule has 0 aliphatic heterocycles. The highest BCUT2D eigenvalue weighted by atomic mass is 31.2. The van der Waals surface area contributed by atoms with Crippen LogP contribution in [0.25, 0.3) is 0 Å². The zero-order chi connectivity index (χ0) is 75.6. The van der Waals surface area contributed by atoms with E-state index < -0.39 is 97.5 Å². The summed E-state index contributed by atoms with van der Waals surface area (Å²) in [5.74, 6) is -0.663. The van der Waals surface area contributed by atoms with E-state index in [1.54, 1.807) is 0 Å². The third kappa shape index (κ3) is 76.6. The monoisotopic (exact) mass is 1510 g/mol. The topological polar surface area (TPSA) is 237 Å². The van der Waals surface area contributed by atoms with Gasteiger partial charge < -0.3 is 33.8 Å². The van der Waals surface area contributed by atoms with Gasteiger partial charge in [0.05, 0.1) is 26.4 Å². The van der Waals surface area contributed by atoms with Crippen LogP contribution in [0.15, 0.2) is 0 Å². The maximum atomic E-state index is 13.1. The van der Waals surface area contributed by atoms with Crippen molar-refractivity contribution in [1.82, 2.24) is 0 Å². The first kappa shape index (κ1) is 101. The van der Waals surface area contributed by atoms with Crippen LogP contribution >= 0.6 is 15.6 Å². The van der Waals surface area contributed by atoms with Crippen molar-refractivity contribution in [3.05, 3.63) is 0 Å². The SMILES string of the molecule is CCCCCCCCCCCCCCCCCCCCCCCC(=O)OC[C@H](COP(=O)(O)OC[C@@H](O)COP(=O)(O)OC[C@@H](COC(=O)CCCCCCCCC(C)C)OC(=O)CCCCCCCCCCC(C)CC)OC(=O)CCCCCCCCCCCCCCCCCCCCCCC. The van der Waals surface area contributed by atoms with E-state index in [0.29, 0.717) is 31.6 Å². The van der Waals surface area contributed by atoms with Gasteiger partial charge in [-0.2, -0.15) is 0 Å². The molecule has 0 saturated carbocycles. The van der Waals surface area contributed by atoms with Crippen molar-refractivity contribution in [2.45, 2.75) is 464 Å². The number of carbonyl (C=O) groups is 4. The van der Waals surface area contributed by atoms with Crippen molar-refractivity contribution in [3.63, 3.8) is 0 Å². The van der Waals surface area contributed by atoms with Crippen molar-refractivity contribution >= 4 is 39.5 Å². The molecule has 0 fully saturated rings. The summed E-state index contributed by atoms with van der Waals surface area (Å²) in [6.07, 6.45) is 67.1. The van der Waals surface area contributed by atoms with Crippen molar-refractivity contribution in [2.24, 2.45) is 11.8 Å². The van der Waals surface area contributed by atoms with E-state index in [-0.39, 0.29) is 25.7 Å². The predicted octanol–water partition coefficient (Wildman–Crippen LogP) is 25.5. The van der Waals surface area contributed by atoms with Gasteiger partial charge in [0, 0.05) is 25.7 Å². The average molecular weight is 1510 g/mol. The molecule has 6 atom stereocenters. The van der Waals surface area contributed by atoms with Crippen molar-refractivity contribution in [3.8, 4) is 0 Å². The zero-order valence-electron chi connectivity index (χ0n) is 67.6. The van der Waals surface area contributed by atoms with E-state index in [1.807, 2.05) is 0 Å². The van der Waals surface area contributed by atoms with E-state index in [4.69, 9.17) is 37.0 Å². The minimum absolute atomic E-state index is 0.104. The second-order valence-electron chi connectivity index (χ2n) is 30.9. The molecule has 0 aliphatic carbocycles. The van der Waals surface area contributed by atoms with Gasteiger partial charge in [0.15, 0.2) is 12.2 Å². The average Bonchev–Trinajstić information content (AvgIpc) is 0.913. The Labute approximate surface area is 632 Å². The quantitative estimate of drug-likeness (QED) is 0.0222. The van der Waals surface area contributed by atoms with Gasteiger partial charge in [0.2, 0.25) is 0 Å². The fourth-order valence-electron chi connectivity index (χ4n) is 13.0. The van der Waals surface area contributed by atoms with Gasteiger partial charge >= 0.3 is 39.5 Å². The Morgan fingerprint density at radius 1 is 0.282 bits per heavy atom. The van der Waals surface area contributed by atoms with Crippen LogP contribution in [-0.4, -0.2) is 96.7 Å². The van der Waals surface area contributed by atoms with Crippen LogP contribution in [0.5, 0.6) is 0 Å². The highest BCUT2D eigenvalue weighted by molar-refractivity contribution is 7.47. The summed E-state index contributed by atoms with van der Waals surface area (Å²) in [6, 6.07) is 0. The molecule has 3 unspecified atom stereocenters. The van der Waals surface area contributed by atoms with Crippen molar-refractivity contribution in [1.29, 1.82) is 0 Å². The second kappa shape index (κ2) is 75.5. The van der Waals surface area contributed by atoms with Gasteiger partial charge in [-0.15, -0.1) is 0 Å². The van der Waals surface area contributed by atoms with E-state index >= 15 is 0 Å². The number of phosphoric ester groups is 2. The van der Waals surface area contributed by atoms with Crippen molar-refractivity contribution < 1.29 is 80.2 Å². The molecule has 17 nitrogen and oxygen atoms in total. The smallest absolute Gasteiger partial charge is 0.462 e. The molecule has 0 radical (unpaired) electrons. The normalized spacial score (nSPS) is 14.1. The number of unbranched alkanes of at least 4 members (excludes halogenated alkanes) is 52. The summed E-state index contributed by atoms with van der Waals surface area (Å²) in [7, 11) is -9.92. The van der Waals surface area contributed by atoms with E-state index in [2.05, 4.69) is 41.5 Å². The summed E-state index contributed by atoms with van der Waals surface area (Å²) < 4.78 is 68.7. The molecule has 612 valence electrons.